The quantitative estimate of drug-likeness (QED) is 0.859. The minimum Gasteiger partial charge on any atom is -0.348 e. The van der Waals surface area contributed by atoms with Gasteiger partial charge in [0.2, 0.25) is 0 Å². The summed E-state index contributed by atoms with van der Waals surface area (Å²) in [6, 6.07) is 9.75. The van der Waals surface area contributed by atoms with Crippen LogP contribution in [0.1, 0.15) is 23.2 Å². The van der Waals surface area contributed by atoms with Gasteiger partial charge in [0, 0.05) is 24.2 Å². The minimum atomic E-state index is -0.00713. The molecule has 2 aromatic rings. The minimum absolute atomic E-state index is 0.00713. The fourth-order valence-electron chi connectivity index (χ4n) is 2.53. The molecule has 0 aliphatic carbocycles. The number of carbonyl (C=O) groups is 1. The Morgan fingerprint density at radius 2 is 2.21 bits per heavy atom. The van der Waals surface area contributed by atoms with Gasteiger partial charge >= 0.3 is 0 Å². The van der Waals surface area contributed by atoms with E-state index in [9.17, 15) is 4.79 Å². The highest BCUT2D eigenvalue weighted by Gasteiger charge is 2.17. The average Bonchev–Trinajstić information content (AvgIpc) is 2.47. The second kappa shape index (κ2) is 5.36. The van der Waals surface area contributed by atoms with Gasteiger partial charge in [-0.05, 0) is 31.5 Å². The van der Waals surface area contributed by atoms with Gasteiger partial charge in [-0.15, -0.1) is 0 Å². The lowest BCUT2D eigenvalue weighted by Gasteiger charge is -2.24. The third-order valence-electron chi connectivity index (χ3n) is 3.53. The summed E-state index contributed by atoms with van der Waals surface area (Å²) in [6.07, 6.45) is 3.85. The maximum Gasteiger partial charge on any atom is 0.252 e. The van der Waals surface area contributed by atoms with Gasteiger partial charge in [0.05, 0.1) is 11.1 Å². The molecule has 1 aromatic heterocycles. The highest BCUT2D eigenvalue weighted by Crippen LogP contribution is 2.16. The number of benzene rings is 1. The molecular weight excluding hydrogens is 238 g/mol. The molecule has 1 aromatic carbocycles. The maximum absolute atomic E-state index is 12.4. The number of rotatable bonds is 2. The first kappa shape index (κ1) is 12.1. The molecule has 19 heavy (non-hydrogen) atoms. The Labute approximate surface area is 112 Å². The number of hydrogen-bond donors (Lipinski definition) is 2. The van der Waals surface area contributed by atoms with Crippen molar-refractivity contribution in [2.75, 3.05) is 13.1 Å². The summed E-state index contributed by atoms with van der Waals surface area (Å²) >= 11 is 0. The van der Waals surface area contributed by atoms with Crippen molar-refractivity contribution in [2.45, 2.75) is 18.9 Å². The topological polar surface area (TPSA) is 54.0 Å². The monoisotopic (exact) mass is 255 g/mol. The van der Waals surface area contributed by atoms with Crippen LogP contribution < -0.4 is 10.6 Å². The summed E-state index contributed by atoms with van der Waals surface area (Å²) < 4.78 is 0. The molecule has 0 saturated carbocycles. The molecule has 1 atom stereocenters. The Morgan fingerprint density at radius 3 is 3.05 bits per heavy atom. The number of pyridine rings is 1. The van der Waals surface area contributed by atoms with Crippen molar-refractivity contribution in [3.8, 4) is 0 Å². The fourth-order valence-corrected chi connectivity index (χ4v) is 2.53. The van der Waals surface area contributed by atoms with Gasteiger partial charge in [0.1, 0.15) is 0 Å². The molecule has 0 unspecified atom stereocenters. The van der Waals surface area contributed by atoms with Gasteiger partial charge in [-0.1, -0.05) is 18.2 Å². The molecule has 1 aliphatic heterocycles. The number of para-hydroxylation sites is 1. The number of nitrogens with zero attached hydrogens (tertiary/aromatic N) is 1. The molecule has 0 spiro atoms. The third-order valence-corrected chi connectivity index (χ3v) is 3.53. The van der Waals surface area contributed by atoms with Crippen LogP contribution in [0.15, 0.2) is 36.5 Å². The standard InChI is InChI=1S/C15H17N3O/c19-15(18-11-4-3-8-16-10-11)13-7-9-17-14-6-2-1-5-12(13)14/h1-2,5-7,9,11,16H,3-4,8,10H2,(H,18,19)/t11-/m0/s1. The SMILES string of the molecule is O=C(N[C@H]1CCCNC1)c1ccnc2ccccc12. The fraction of sp³-hybridized carbons (Fsp3) is 0.333. The first-order valence-corrected chi connectivity index (χ1v) is 6.70. The van der Waals surface area contributed by atoms with Gasteiger partial charge in [0.25, 0.3) is 5.91 Å². The molecule has 1 fully saturated rings. The summed E-state index contributed by atoms with van der Waals surface area (Å²) in [6.45, 7) is 1.90. The molecule has 4 heteroatoms. The molecule has 4 nitrogen and oxygen atoms in total. The second-order valence-corrected chi connectivity index (χ2v) is 4.89. The Kier molecular flexibility index (Phi) is 3.42. The van der Waals surface area contributed by atoms with Gasteiger partial charge in [-0.3, -0.25) is 9.78 Å². The Hall–Kier alpha value is -1.94. The van der Waals surface area contributed by atoms with Gasteiger partial charge in [-0.2, -0.15) is 0 Å². The van der Waals surface area contributed by atoms with E-state index >= 15 is 0 Å². The molecule has 3 rings (SSSR count). The maximum atomic E-state index is 12.4. The summed E-state index contributed by atoms with van der Waals surface area (Å²) in [4.78, 5) is 16.6. The largest absolute Gasteiger partial charge is 0.348 e. The summed E-state index contributed by atoms with van der Waals surface area (Å²) in [5.41, 5.74) is 1.56. The number of carbonyl (C=O) groups excluding carboxylic acids is 1. The van der Waals surface area contributed by atoms with Crippen molar-refractivity contribution in [1.82, 2.24) is 15.6 Å². The van der Waals surface area contributed by atoms with E-state index < -0.39 is 0 Å². The lowest BCUT2D eigenvalue weighted by atomic mass is 10.1. The molecule has 1 amide bonds. The van der Waals surface area contributed by atoms with Crippen LogP contribution in [0.2, 0.25) is 0 Å². The number of amides is 1. The predicted molar refractivity (Wildman–Crippen MR) is 75.1 cm³/mol. The molecule has 1 saturated heterocycles. The third kappa shape index (κ3) is 2.58. The predicted octanol–water partition coefficient (Wildman–Crippen LogP) is 1.72. The number of aromatic nitrogens is 1. The van der Waals surface area contributed by atoms with E-state index in [-0.39, 0.29) is 11.9 Å². The summed E-state index contributed by atoms with van der Waals surface area (Å²) in [7, 11) is 0. The highest BCUT2D eigenvalue weighted by molar-refractivity contribution is 6.06. The Bertz CT molecular complexity index is 585. The molecule has 98 valence electrons. The highest BCUT2D eigenvalue weighted by atomic mass is 16.1. The lowest BCUT2D eigenvalue weighted by molar-refractivity contribution is 0.0932. The van der Waals surface area contributed by atoms with E-state index in [4.69, 9.17) is 0 Å². The van der Waals surface area contributed by atoms with E-state index in [1.807, 2.05) is 24.3 Å². The van der Waals surface area contributed by atoms with E-state index in [0.29, 0.717) is 5.56 Å². The van der Waals surface area contributed by atoms with E-state index in [2.05, 4.69) is 15.6 Å². The van der Waals surface area contributed by atoms with Crippen LogP contribution in [0.25, 0.3) is 10.9 Å². The van der Waals surface area contributed by atoms with E-state index in [0.717, 1.165) is 36.8 Å². The zero-order chi connectivity index (χ0) is 13.1. The molecular formula is C15H17N3O. The molecule has 0 bridgehead atoms. The van der Waals surface area contributed by atoms with Crippen molar-refractivity contribution in [1.29, 1.82) is 0 Å². The molecule has 2 N–H and O–H groups in total. The van der Waals surface area contributed by atoms with Crippen molar-refractivity contribution in [3.63, 3.8) is 0 Å². The second-order valence-electron chi connectivity index (χ2n) is 4.89. The van der Waals surface area contributed by atoms with Crippen molar-refractivity contribution in [3.05, 3.63) is 42.1 Å². The van der Waals surface area contributed by atoms with E-state index in [1.165, 1.54) is 0 Å². The van der Waals surface area contributed by atoms with Crippen molar-refractivity contribution < 1.29 is 4.79 Å². The molecule has 2 heterocycles. The number of piperidine rings is 1. The Balaban J connectivity index is 1.85. The Morgan fingerprint density at radius 1 is 1.32 bits per heavy atom. The van der Waals surface area contributed by atoms with Crippen LogP contribution in [0.3, 0.4) is 0 Å². The van der Waals surface area contributed by atoms with Crippen LogP contribution >= 0.6 is 0 Å². The van der Waals surface area contributed by atoms with Gasteiger partial charge < -0.3 is 10.6 Å². The summed E-state index contributed by atoms with van der Waals surface area (Å²) in [5, 5.41) is 7.31. The first-order valence-electron chi connectivity index (χ1n) is 6.70. The number of hydrogen-bond acceptors (Lipinski definition) is 3. The molecule has 1 aliphatic rings. The average molecular weight is 255 g/mol. The van der Waals surface area contributed by atoms with E-state index in [1.54, 1.807) is 12.3 Å². The normalized spacial score (nSPS) is 19.3. The van der Waals surface area contributed by atoms with Crippen molar-refractivity contribution >= 4 is 16.8 Å². The van der Waals surface area contributed by atoms with Crippen LogP contribution in [0.4, 0.5) is 0 Å². The van der Waals surface area contributed by atoms with Crippen LogP contribution in [0.5, 0.6) is 0 Å². The summed E-state index contributed by atoms with van der Waals surface area (Å²) in [5.74, 6) is -0.00713. The molecule has 0 radical (unpaired) electrons. The van der Waals surface area contributed by atoms with Crippen LogP contribution in [0, 0.1) is 0 Å². The smallest absolute Gasteiger partial charge is 0.252 e. The number of fused-ring (bicyclic) bond motifs is 1. The number of nitrogens with one attached hydrogen (secondary N) is 2. The van der Waals surface area contributed by atoms with Crippen molar-refractivity contribution in [2.24, 2.45) is 0 Å². The van der Waals surface area contributed by atoms with Crippen LogP contribution in [-0.2, 0) is 0 Å². The first-order chi connectivity index (χ1) is 9.34. The zero-order valence-electron chi connectivity index (χ0n) is 10.7. The van der Waals surface area contributed by atoms with Crippen LogP contribution in [-0.4, -0.2) is 30.0 Å². The van der Waals surface area contributed by atoms with Gasteiger partial charge in [0.15, 0.2) is 0 Å². The van der Waals surface area contributed by atoms with Gasteiger partial charge in [-0.25, -0.2) is 0 Å². The zero-order valence-corrected chi connectivity index (χ0v) is 10.7. The lowest BCUT2D eigenvalue weighted by Crippen LogP contribution is -2.45.